The van der Waals surface area contributed by atoms with Gasteiger partial charge in [0.2, 0.25) is 5.91 Å². The summed E-state index contributed by atoms with van der Waals surface area (Å²) in [5.74, 6) is 0.390. The molecule has 0 radical (unpaired) electrons. The molecule has 3 amide bonds. The summed E-state index contributed by atoms with van der Waals surface area (Å²) in [6.07, 6.45) is 5.59. The maximum absolute atomic E-state index is 12.4. The van der Waals surface area contributed by atoms with Crippen LogP contribution in [0.3, 0.4) is 0 Å². The SMILES string of the molecule is C[C@@H](Sc1nnc(-c2cccnc2)n1C1CC1)C(=O)NC(=O)NC(C)(C)C. The predicted octanol–water partition coefficient (Wildman–Crippen LogP) is 2.78. The van der Waals surface area contributed by atoms with Gasteiger partial charge in [-0.05, 0) is 52.7 Å². The van der Waals surface area contributed by atoms with E-state index in [0.717, 1.165) is 24.2 Å². The van der Waals surface area contributed by atoms with Crippen molar-refractivity contribution < 1.29 is 9.59 Å². The van der Waals surface area contributed by atoms with Crippen LogP contribution in [-0.2, 0) is 4.79 Å². The summed E-state index contributed by atoms with van der Waals surface area (Å²) >= 11 is 1.30. The number of amides is 3. The number of hydrogen-bond donors (Lipinski definition) is 2. The summed E-state index contributed by atoms with van der Waals surface area (Å²) in [5, 5.41) is 13.9. The van der Waals surface area contributed by atoms with E-state index in [-0.39, 0.29) is 5.91 Å². The summed E-state index contributed by atoms with van der Waals surface area (Å²) in [5.41, 5.74) is 0.483. The Balaban J connectivity index is 1.71. The largest absolute Gasteiger partial charge is 0.333 e. The molecule has 27 heavy (non-hydrogen) atoms. The molecule has 0 aromatic carbocycles. The average Bonchev–Trinajstić information content (AvgIpc) is 3.34. The minimum absolute atomic E-state index is 0.345. The lowest BCUT2D eigenvalue weighted by molar-refractivity contribution is -0.119. The monoisotopic (exact) mass is 388 g/mol. The minimum Gasteiger partial charge on any atom is -0.333 e. The molecule has 0 spiro atoms. The number of thioether (sulfide) groups is 1. The molecule has 1 saturated carbocycles. The van der Waals surface area contributed by atoms with Crippen molar-refractivity contribution in [2.45, 2.75) is 62.5 Å². The average molecular weight is 388 g/mol. The predicted molar refractivity (Wildman–Crippen MR) is 103 cm³/mol. The Kier molecular flexibility index (Phi) is 5.50. The Labute approximate surface area is 162 Å². The molecule has 2 aromatic heterocycles. The molecule has 144 valence electrons. The smallest absolute Gasteiger partial charge is 0.321 e. The number of nitrogens with zero attached hydrogens (tertiary/aromatic N) is 4. The Bertz CT molecular complexity index is 826. The topological polar surface area (TPSA) is 102 Å². The van der Waals surface area contributed by atoms with Crippen LogP contribution >= 0.6 is 11.8 Å². The highest BCUT2D eigenvalue weighted by molar-refractivity contribution is 8.00. The van der Waals surface area contributed by atoms with Crippen LogP contribution in [0.25, 0.3) is 11.4 Å². The quantitative estimate of drug-likeness (QED) is 0.764. The number of aromatic nitrogens is 4. The number of pyridine rings is 1. The molecule has 0 unspecified atom stereocenters. The Hall–Kier alpha value is -2.42. The van der Waals surface area contributed by atoms with Gasteiger partial charge in [-0.25, -0.2) is 4.79 Å². The van der Waals surface area contributed by atoms with Crippen LogP contribution in [0.1, 0.15) is 46.6 Å². The number of nitrogens with one attached hydrogen (secondary N) is 2. The van der Waals surface area contributed by atoms with Gasteiger partial charge in [0.15, 0.2) is 11.0 Å². The van der Waals surface area contributed by atoms with Crippen LogP contribution in [0.5, 0.6) is 0 Å². The van der Waals surface area contributed by atoms with E-state index in [1.807, 2.05) is 32.9 Å². The van der Waals surface area contributed by atoms with Gasteiger partial charge in [0.1, 0.15) is 0 Å². The van der Waals surface area contributed by atoms with E-state index in [4.69, 9.17) is 0 Å². The van der Waals surface area contributed by atoms with Gasteiger partial charge in [0.25, 0.3) is 0 Å². The molecular weight excluding hydrogens is 364 g/mol. The molecule has 2 heterocycles. The third kappa shape index (κ3) is 5.06. The zero-order valence-corrected chi connectivity index (χ0v) is 16.7. The van der Waals surface area contributed by atoms with E-state index in [1.54, 1.807) is 19.3 Å². The fourth-order valence-corrected chi connectivity index (χ4v) is 3.43. The fraction of sp³-hybridized carbons (Fsp3) is 0.500. The van der Waals surface area contributed by atoms with Crippen molar-refractivity contribution in [1.29, 1.82) is 0 Å². The van der Waals surface area contributed by atoms with E-state index in [2.05, 4.69) is 30.4 Å². The summed E-state index contributed by atoms with van der Waals surface area (Å²) < 4.78 is 2.07. The van der Waals surface area contributed by atoms with Crippen LogP contribution in [0.15, 0.2) is 29.7 Å². The van der Waals surface area contributed by atoms with Crippen molar-refractivity contribution in [3.8, 4) is 11.4 Å². The van der Waals surface area contributed by atoms with Crippen LogP contribution in [-0.4, -0.2) is 42.5 Å². The molecule has 8 nitrogen and oxygen atoms in total. The third-order valence-electron chi connectivity index (χ3n) is 3.87. The van der Waals surface area contributed by atoms with E-state index >= 15 is 0 Å². The third-order valence-corrected chi connectivity index (χ3v) is 4.93. The van der Waals surface area contributed by atoms with Crippen LogP contribution < -0.4 is 10.6 Å². The first-order valence-corrected chi connectivity index (χ1v) is 9.77. The number of imide groups is 1. The van der Waals surface area contributed by atoms with Gasteiger partial charge in [-0.2, -0.15) is 0 Å². The molecule has 1 fully saturated rings. The summed E-state index contributed by atoms with van der Waals surface area (Å²) in [6.45, 7) is 7.31. The molecule has 0 bridgehead atoms. The number of rotatable bonds is 5. The lowest BCUT2D eigenvalue weighted by Crippen LogP contribution is -2.49. The van der Waals surface area contributed by atoms with Gasteiger partial charge in [-0.1, -0.05) is 11.8 Å². The Morgan fingerprint density at radius 1 is 1.30 bits per heavy atom. The number of carbonyl (C=O) groups excluding carboxylic acids is 2. The highest BCUT2D eigenvalue weighted by Crippen LogP contribution is 2.41. The first-order valence-electron chi connectivity index (χ1n) is 8.89. The molecule has 2 N–H and O–H groups in total. The highest BCUT2D eigenvalue weighted by atomic mass is 32.2. The molecular formula is C18H24N6O2S. The van der Waals surface area contributed by atoms with Crippen molar-refractivity contribution in [3.05, 3.63) is 24.5 Å². The molecule has 1 atom stereocenters. The van der Waals surface area contributed by atoms with Gasteiger partial charge >= 0.3 is 6.03 Å². The second kappa shape index (κ2) is 7.67. The molecule has 3 rings (SSSR count). The first-order chi connectivity index (χ1) is 12.7. The molecule has 1 aliphatic carbocycles. The number of urea groups is 1. The normalized spacial score (nSPS) is 15.3. The van der Waals surface area contributed by atoms with Gasteiger partial charge in [0, 0.05) is 29.5 Å². The minimum atomic E-state index is -0.500. The highest BCUT2D eigenvalue weighted by Gasteiger charge is 2.32. The van der Waals surface area contributed by atoms with Gasteiger partial charge in [-0.15, -0.1) is 10.2 Å². The Morgan fingerprint density at radius 2 is 2.04 bits per heavy atom. The lowest BCUT2D eigenvalue weighted by atomic mass is 10.1. The van der Waals surface area contributed by atoms with Crippen molar-refractivity contribution in [2.75, 3.05) is 0 Å². The van der Waals surface area contributed by atoms with E-state index < -0.39 is 16.8 Å². The summed E-state index contributed by atoms with van der Waals surface area (Å²) in [4.78, 5) is 28.4. The second-order valence-electron chi connectivity index (χ2n) is 7.60. The lowest BCUT2D eigenvalue weighted by Gasteiger charge is -2.21. The van der Waals surface area contributed by atoms with Gasteiger partial charge < -0.3 is 5.32 Å². The molecule has 0 aliphatic heterocycles. The summed E-state index contributed by atoms with van der Waals surface area (Å²) in [6, 6.07) is 3.65. The number of hydrogen-bond acceptors (Lipinski definition) is 6. The van der Waals surface area contributed by atoms with Crippen molar-refractivity contribution in [3.63, 3.8) is 0 Å². The Morgan fingerprint density at radius 3 is 2.63 bits per heavy atom. The molecule has 1 aliphatic rings. The molecule has 2 aromatic rings. The molecule has 9 heteroatoms. The fourth-order valence-electron chi connectivity index (χ4n) is 2.51. The molecule has 0 saturated heterocycles. The van der Waals surface area contributed by atoms with Crippen LogP contribution in [0.2, 0.25) is 0 Å². The van der Waals surface area contributed by atoms with E-state index in [0.29, 0.717) is 11.2 Å². The van der Waals surface area contributed by atoms with Crippen LogP contribution in [0, 0.1) is 0 Å². The number of carbonyl (C=O) groups is 2. The van der Waals surface area contributed by atoms with E-state index in [9.17, 15) is 9.59 Å². The second-order valence-corrected chi connectivity index (χ2v) is 8.91. The first kappa shape index (κ1) is 19.3. The van der Waals surface area contributed by atoms with Crippen molar-refractivity contribution >= 4 is 23.7 Å². The van der Waals surface area contributed by atoms with Gasteiger partial charge in [0.05, 0.1) is 5.25 Å². The van der Waals surface area contributed by atoms with Crippen molar-refractivity contribution in [2.24, 2.45) is 0 Å². The maximum Gasteiger partial charge on any atom is 0.321 e. The van der Waals surface area contributed by atoms with Crippen molar-refractivity contribution in [1.82, 2.24) is 30.4 Å². The zero-order chi connectivity index (χ0) is 19.6. The summed E-state index contributed by atoms with van der Waals surface area (Å²) in [7, 11) is 0. The van der Waals surface area contributed by atoms with Crippen LogP contribution in [0.4, 0.5) is 4.79 Å². The van der Waals surface area contributed by atoms with E-state index in [1.165, 1.54) is 11.8 Å². The maximum atomic E-state index is 12.4. The zero-order valence-electron chi connectivity index (χ0n) is 15.9. The van der Waals surface area contributed by atoms with Gasteiger partial charge in [-0.3, -0.25) is 19.7 Å². The standard InChI is InChI=1S/C18H24N6O2S/c1-11(15(25)20-16(26)21-18(2,3)4)27-17-23-22-14(24(17)13-7-8-13)12-6-5-9-19-10-12/h5-6,9-11,13H,7-8H2,1-4H3,(H2,20,21,25,26)/t11-/m1/s1.